The normalized spacial score (nSPS) is 12.1. The molecule has 0 unspecified atom stereocenters. The molecule has 0 aliphatic heterocycles. The molecule has 0 amide bonds. The third kappa shape index (κ3) is 2.54. The molecule has 0 N–H and O–H groups in total. The van der Waals surface area contributed by atoms with Gasteiger partial charge >= 0.3 is 7.60 Å². The van der Waals surface area contributed by atoms with Crippen LogP contribution in [0.3, 0.4) is 0 Å². The quantitative estimate of drug-likeness (QED) is 0.521. The second-order valence-corrected chi connectivity index (χ2v) is 6.77. The van der Waals surface area contributed by atoms with Gasteiger partial charge in [-0.05, 0) is 25.3 Å². The molecule has 0 radical (unpaired) electrons. The first-order valence-corrected chi connectivity index (χ1v) is 8.91. The van der Waals surface area contributed by atoms with Crippen LogP contribution < -0.4 is 5.44 Å². The molecule has 0 atom stereocenters. The van der Waals surface area contributed by atoms with Crippen molar-refractivity contribution in [1.29, 1.82) is 0 Å². The van der Waals surface area contributed by atoms with E-state index in [9.17, 15) is 4.57 Å². The summed E-state index contributed by atoms with van der Waals surface area (Å²) in [5.41, 5.74) is 1.18. The molecule has 0 bridgehead atoms. The summed E-state index contributed by atoms with van der Waals surface area (Å²) < 4.78 is 24.1. The van der Waals surface area contributed by atoms with Crippen molar-refractivity contribution in [3.05, 3.63) is 48.5 Å². The number of aromatic nitrogens is 1. The van der Waals surface area contributed by atoms with E-state index in [0.717, 1.165) is 21.7 Å². The fraction of sp³-hybridized carbons (Fsp3) is 0.235. The summed E-state index contributed by atoms with van der Waals surface area (Å²) in [6.07, 6.45) is 0. The molecular formula is C17H18NO3P. The van der Waals surface area contributed by atoms with Crippen LogP contribution in [0.1, 0.15) is 13.8 Å². The SMILES string of the molecule is CCOP(=O)(OCC)c1nc2ccccc2c2ccccc12. The number of hydrogen-bond donors (Lipinski definition) is 0. The molecule has 0 saturated heterocycles. The summed E-state index contributed by atoms with van der Waals surface area (Å²) >= 11 is 0. The van der Waals surface area contributed by atoms with E-state index in [1.807, 2.05) is 48.5 Å². The van der Waals surface area contributed by atoms with Gasteiger partial charge in [-0.3, -0.25) is 4.57 Å². The minimum absolute atomic E-state index is 0.306. The van der Waals surface area contributed by atoms with E-state index in [2.05, 4.69) is 4.98 Å². The second kappa shape index (κ2) is 6.17. The topological polar surface area (TPSA) is 48.4 Å². The van der Waals surface area contributed by atoms with Crippen molar-refractivity contribution in [1.82, 2.24) is 4.98 Å². The van der Waals surface area contributed by atoms with Crippen LogP contribution in [0.4, 0.5) is 0 Å². The summed E-state index contributed by atoms with van der Waals surface area (Å²) in [6, 6.07) is 15.6. The molecule has 0 spiro atoms. The van der Waals surface area contributed by atoms with E-state index < -0.39 is 7.60 Å². The number of fused-ring (bicyclic) bond motifs is 3. The molecule has 5 heteroatoms. The van der Waals surface area contributed by atoms with Gasteiger partial charge in [0.2, 0.25) is 0 Å². The maximum Gasteiger partial charge on any atom is 0.380 e. The van der Waals surface area contributed by atoms with Crippen LogP contribution in [0.25, 0.3) is 21.7 Å². The molecule has 1 aromatic heterocycles. The van der Waals surface area contributed by atoms with Crippen LogP contribution in [-0.2, 0) is 13.6 Å². The Kier molecular flexibility index (Phi) is 4.25. The van der Waals surface area contributed by atoms with E-state index in [1.54, 1.807) is 13.8 Å². The van der Waals surface area contributed by atoms with E-state index in [0.29, 0.717) is 18.6 Å². The highest BCUT2D eigenvalue weighted by atomic mass is 31.2. The molecule has 3 rings (SSSR count). The highest BCUT2D eigenvalue weighted by Gasteiger charge is 2.31. The Morgan fingerprint density at radius 2 is 1.41 bits per heavy atom. The molecule has 0 aliphatic carbocycles. The van der Waals surface area contributed by atoms with Gasteiger partial charge in [-0.25, -0.2) is 4.98 Å². The molecule has 0 saturated carbocycles. The zero-order valence-electron chi connectivity index (χ0n) is 12.7. The van der Waals surface area contributed by atoms with Crippen LogP contribution in [0.5, 0.6) is 0 Å². The lowest BCUT2D eigenvalue weighted by atomic mass is 10.1. The van der Waals surface area contributed by atoms with Gasteiger partial charge in [0.25, 0.3) is 0 Å². The highest BCUT2D eigenvalue weighted by molar-refractivity contribution is 7.62. The van der Waals surface area contributed by atoms with Crippen LogP contribution >= 0.6 is 7.60 Å². The second-order valence-electron chi connectivity index (χ2n) is 4.83. The molecule has 114 valence electrons. The largest absolute Gasteiger partial charge is 0.380 e. The van der Waals surface area contributed by atoms with Crippen LogP contribution in [0, 0.1) is 0 Å². The Morgan fingerprint density at radius 1 is 0.864 bits per heavy atom. The third-order valence-corrected chi connectivity index (χ3v) is 5.50. The fourth-order valence-corrected chi connectivity index (χ4v) is 4.31. The number of nitrogens with zero attached hydrogens (tertiary/aromatic N) is 1. The lowest BCUT2D eigenvalue weighted by molar-refractivity contribution is 0.229. The van der Waals surface area contributed by atoms with Gasteiger partial charge in [-0.1, -0.05) is 42.5 Å². The third-order valence-electron chi connectivity index (χ3n) is 3.45. The van der Waals surface area contributed by atoms with E-state index >= 15 is 0 Å². The smallest absolute Gasteiger partial charge is 0.304 e. The standard InChI is InChI=1S/C17H18NO3P/c1-3-20-22(19,21-4-2)17-15-11-6-5-9-13(15)14-10-7-8-12-16(14)18-17/h5-12H,3-4H2,1-2H3. The first kappa shape index (κ1) is 15.2. The summed E-state index contributed by atoms with van der Waals surface area (Å²) in [6.45, 7) is 4.21. The Morgan fingerprint density at radius 3 is 2.05 bits per heavy atom. The van der Waals surface area contributed by atoms with Gasteiger partial charge < -0.3 is 9.05 Å². The van der Waals surface area contributed by atoms with Crippen LogP contribution in [-0.4, -0.2) is 18.2 Å². The number of hydrogen-bond acceptors (Lipinski definition) is 4. The van der Waals surface area contributed by atoms with Gasteiger partial charge in [0.1, 0.15) is 0 Å². The van der Waals surface area contributed by atoms with Crippen LogP contribution in [0.2, 0.25) is 0 Å². The van der Waals surface area contributed by atoms with Gasteiger partial charge in [0.15, 0.2) is 5.44 Å². The van der Waals surface area contributed by atoms with Crippen molar-refractivity contribution in [2.75, 3.05) is 13.2 Å². The Labute approximate surface area is 129 Å². The van der Waals surface area contributed by atoms with Crippen molar-refractivity contribution < 1.29 is 13.6 Å². The minimum atomic E-state index is -3.43. The molecule has 0 aliphatic rings. The maximum absolute atomic E-state index is 13.2. The summed E-state index contributed by atoms with van der Waals surface area (Å²) in [5, 5.41) is 2.84. The van der Waals surface area contributed by atoms with Crippen molar-refractivity contribution >= 4 is 34.7 Å². The molecule has 4 nitrogen and oxygen atoms in total. The molecular weight excluding hydrogens is 297 g/mol. The number of pyridine rings is 1. The van der Waals surface area contributed by atoms with Crippen molar-refractivity contribution in [3.63, 3.8) is 0 Å². The molecule has 3 aromatic rings. The fourth-order valence-electron chi connectivity index (χ4n) is 2.59. The lowest BCUT2D eigenvalue weighted by Gasteiger charge is -2.18. The van der Waals surface area contributed by atoms with E-state index in [4.69, 9.17) is 9.05 Å². The van der Waals surface area contributed by atoms with Gasteiger partial charge in [0.05, 0.1) is 18.7 Å². The monoisotopic (exact) mass is 315 g/mol. The maximum atomic E-state index is 13.2. The first-order chi connectivity index (χ1) is 10.7. The Hall–Kier alpha value is -1.74. The average Bonchev–Trinajstić information content (AvgIpc) is 2.54. The number of para-hydroxylation sites is 1. The van der Waals surface area contributed by atoms with Gasteiger partial charge in [0, 0.05) is 10.8 Å². The molecule has 22 heavy (non-hydrogen) atoms. The average molecular weight is 315 g/mol. The van der Waals surface area contributed by atoms with E-state index in [1.165, 1.54) is 0 Å². The van der Waals surface area contributed by atoms with Gasteiger partial charge in [-0.15, -0.1) is 0 Å². The van der Waals surface area contributed by atoms with Crippen LogP contribution in [0.15, 0.2) is 48.5 Å². The first-order valence-electron chi connectivity index (χ1n) is 7.36. The zero-order valence-corrected chi connectivity index (χ0v) is 13.5. The molecule has 1 heterocycles. The summed E-state index contributed by atoms with van der Waals surface area (Å²) in [4.78, 5) is 4.60. The predicted octanol–water partition coefficient (Wildman–Crippen LogP) is 4.28. The summed E-state index contributed by atoms with van der Waals surface area (Å²) in [7, 11) is -3.43. The zero-order chi connectivity index (χ0) is 15.6. The van der Waals surface area contributed by atoms with Crippen molar-refractivity contribution in [2.24, 2.45) is 0 Å². The molecule has 2 aromatic carbocycles. The highest BCUT2D eigenvalue weighted by Crippen LogP contribution is 2.48. The van der Waals surface area contributed by atoms with Crippen molar-refractivity contribution in [2.45, 2.75) is 13.8 Å². The predicted molar refractivity (Wildman–Crippen MR) is 89.7 cm³/mol. The number of rotatable bonds is 5. The molecule has 0 fully saturated rings. The Balaban J connectivity index is 2.38. The number of benzene rings is 2. The Bertz CT molecular complexity index is 853. The summed E-state index contributed by atoms with van der Waals surface area (Å²) in [5.74, 6) is 0. The van der Waals surface area contributed by atoms with E-state index in [-0.39, 0.29) is 0 Å². The lowest BCUT2D eigenvalue weighted by Crippen LogP contribution is -2.16. The van der Waals surface area contributed by atoms with Crippen molar-refractivity contribution in [3.8, 4) is 0 Å². The minimum Gasteiger partial charge on any atom is -0.304 e. The van der Waals surface area contributed by atoms with Gasteiger partial charge in [-0.2, -0.15) is 0 Å².